The van der Waals surface area contributed by atoms with E-state index in [1.165, 1.54) is 19.5 Å². The van der Waals surface area contributed by atoms with Gasteiger partial charge in [-0.2, -0.15) is 0 Å². The second-order valence-corrected chi connectivity index (χ2v) is 9.42. The number of epoxide rings is 1. The van der Waals surface area contributed by atoms with Crippen LogP contribution in [0.25, 0.3) is 0 Å². The summed E-state index contributed by atoms with van der Waals surface area (Å²) in [5.41, 5.74) is -1.61. The Hall–Kier alpha value is -1.89. The molecule has 5 nitrogen and oxygen atoms in total. The van der Waals surface area contributed by atoms with Crippen molar-refractivity contribution < 1.29 is 19.7 Å². The Labute approximate surface area is 179 Å². The molecule has 1 aliphatic carbocycles. The summed E-state index contributed by atoms with van der Waals surface area (Å²) < 4.78 is 11.5. The number of hydrogen-bond donors (Lipinski definition) is 2. The van der Waals surface area contributed by atoms with Gasteiger partial charge < -0.3 is 19.7 Å². The Morgan fingerprint density at radius 1 is 1.38 bits per heavy atom. The summed E-state index contributed by atoms with van der Waals surface area (Å²) in [6.07, 6.45) is 5.86. The summed E-state index contributed by atoms with van der Waals surface area (Å²) in [6.45, 7) is 6.44. The lowest BCUT2D eigenvalue weighted by molar-refractivity contribution is -0.113. The van der Waals surface area contributed by atoms with E-state index in [-0.39, 0.29) is 16.5 Å². The number of aromatic nitrogens is 1. The number of pyridine rings is 1. The number of aromatic hydroxyl groups is 1. The highest BCUT2D eigenvalue weighted by atomic mass is 79.9. The average Bonchev–Trinajstić information content (AvgIpc) is 3.47. The largest absolute Gasteiger partial charge is 0.506 e. The number of rotatable bonds is 6. The fourth-order valence-electron chi connectivity index (χ4n) is 5.52. The van der Waals surface area contributed by atoms with Crippen LogP contribution in [0.2, 0.25) is 0 Å². The molecule has 1 aromatic heterocycles. The van der Waals surface area contributed by atoms with Crippen LogP contribution < -0.4 is 4.74 Å². The van der Waals surface area contributed by atoms with Crippen LogP contribution in [0.4, 0.5) is 0 Å². The minimum atomic E-state index is -1.52. The number of alkyl halides is 1. The first-order valence-corrected chi connectivity index (χ1v) is 10.7. The highest BCUT2D eigenvalue weighted by Crippen LogP contribution is 2.74. The van der Waals surface area contributed by atoms with Crippen LogP contribution in [0.3, 0.4) is 0 Å². The van der Waals surface area contributed by atoms with E-state index < -0.39 is 16.6 Å². The molecule has 5 atom stereocenters. The maximum atomic E-state index is 12.6. The van der Waals surface area contributed by atoms with Crippen molar-refractivity contribution in [3.05, 3.63) is 66.5 Å². The van der Waals surface area contributed by atoms with Crippen LogP contribution >= 0.6 is 15.9 Å². The number of allylic oxidation sites excluding steroid dienone is 1. The number of methoxy groups -OCH3 is 1. The molecule has 6 heteroatoms. The first-order chi connectivity index (χ1) is 13.9. The molecule has 4 rings (SSSR count). The molecule has 1 spiro atoms. The lowest BCUT2D eigenvalue weighted by Gasteiger charge is -2.49. The van der Waals surface area contributed by atoms with Crippen molar-refractivity contribution in [1.29, 1.82) is 0 Å². The quantitative estimate of drug-likeness (QED) is 0.382. The van der Waals surface area contributed by atoms with Crippen molar-refractivity contribution in [3.8, 4) is 11.5 Å². The Morgan fingerprint density at radius 3 is 2.62 bits per heavy atom. The van der Waals surface area contributed by atoms with E-state index in [1.807, 2.05) is 31.2 Å². The molecule has 1 saturated heterocycles. The van der Waals surface area contributed by atoms with Crippen LogP contribution in [-0.2, 0) is 10.3 Å². The zero-order chi connectivity index (χ0) is 20.9. The second kappa shape index (κ2) is 7.11. The first kappa shape index (κ1) is 20.4. The number of aliphatic hydroxyl groups is 1. The Morgan fingerprint density at radius 2 is 2.07 bits per heavy atom. The predicted molar refractivity (Wildman–Crippen MR) is 114 cm³/mol. The van der Waals surface area contributed by atoms with Gasteiger partial charge in [0.05, 0.1) is 31.7 Å². The smallest absolute Gasteiger partial charge is 0.147 e. The van der Waals surface area contributed by atoms with Crippen LogP contribution in [0.15, 0.2) is 55.4 Å². The highest BCUT2D eigenvalue weighted by Gasteiger charge is 2.79. The zero-order valence-corrected chi connectivity index (χ0v) is 18.2. The third-order valence-electron chi connectivity index (χ3n) is 6.85. The predicted octanol–water partition coefficient (Wildman–Crippen LogP) is 4.29. The Kier molecular flexibility index (Phi) is 5.00. The van der Waals surface area contributed by atoms with E-state index in [4.69, 9.17) is 9.47 Å². The molecule has 1 saturated carbocycles. The molecule has 0 bridgehead atoms. The molecular formula is C23H26BrNO4. The van der Waals surface area contributed by atoms with Crippen molar-refractivity contribution in [2.45, 2.75) is 41.7 Å². The fraction of sp³-hybridized carbons (Fsp3) is 0.435. The van der Waals surface area contributed by atoms with E-state index in [2.05, 4.69) is 39.6 Å². The molecule has 0 radical (unpaired) electrons. The summed E-state index contributed by atoms with van der Waals surface area (Å²) in [6, 6.07) is 10.2. The SMILES string of the molecule is C=CCC1([C@@H](C)Br)[C@H](c2ccccc2)CC2(CO2)[C@@]1(O)c1c(O)cncc1OC. The third kappa shape index (κ3) is 2.62. The molecule has 2 fully saturated rings. The monoisotopic (exact) mass is 459 g/mol. The Bertz CT molecular complexity index is 914. The minimum absolute atomic E-state index is 0.0270. The first-order valence-electron chi connectivity index (χ1n) is 9.75. The number of halogens is 1. The van der Waals surface area contributed by atoms with E-state index >= 15 is 0 Å². The normalized spacial score (nSPS) is 34.1. The lowest BCUT2D eigenvalue weighted by Crippen LogP contribution is -2.54. The molecule has 1 aromatic carbocycles. The fourth-order valence-corrected chi connectivity index (χ4v) is 6.35. The van der Waals surface area contributed by atoms with E-state index in [1.54, 1.807) is 0 Å². The van der Waals surface area contributed by atoms with Gasteiger partial charge in [-0.1, -0.05) is 59.3 Å². The van der Waals surface area contributed by atoms with E-state index in [9.17, 15) is 10.2 Å². The van der Waals surface area contributed by atoms with Gasteiger partial charge in [0.1, 0.15) is 22.7 Å². The lowest BCUT2D eigenvalue weighted by atomic mass is 9.60. The molecule has 154 valence electrons. The molecule has 2 unspecified atom stereocenters. The van der Waals surface area contributed by atoms with Crippen LogP contribution in [0.1, 0.15) is 36.8 Å². The molecule has 2 heterocycles. The summed E-state index contributed by atoms with van der Waals surface area (Å²) in [4.78, 5) is 3.92. The molecule has 2 N–H and O–H groups in total. The van der Waals surface area contributed by atoms with Gasteiger partial charge in [-0.05, 0) is 24.3 Å². The summed E-state index contributed by atoms with van der Waals surface area (Å²) in [5, 5.41) is 23.5. The maximum absolute atomic E-state index is 12.6. The topological polar surface area (TPSA) is 75.1 Å². The highest BCUT2D eigenvalue weighted by molar-refractivity contribution is 9.09. The third-order valence-corrected chi connectivity index (χ3v) is 7.67. The van der Waals surface area contributed by atoms with Gasteiger partial charge in [0.2, 0.25) is 0 Å². The molecule has 1 aliphatic heterocycles. The van der Waals surface area contributed by atoms with Crippen molar-refractivity contribution in [2.24, 2.45) is 5.41 Å². The van der Waals surface area contributed by atoms with Gasteiger partial charge in [0.15, 0.2) is 0 Å². The minimum Gasteiger partial charge on any atom is -0.506 e. The summed E-state index contributed by atoms with van der Waals surface area (Å²) >= 11 is 3.82. The van der Waals surface area contributed by atoms with Gasteiger partial charge in [0, 0.05) is 10.2 Å². The standard InChI is InChI=1S/C23H26BrNO4/c1-4-10-22(15(2)24)17(16-8-6-5-7-9-16)11-21(14-29-21)23(22,27)20-18(26)12-25-13-19(20)28-3/h4-9,12-13,15,17,26-27H,1,10-11,14H2,2-3H3/t15-,17+,21?,22?,23+/m1/s1. The maximum Gasteiger partial charge on any atom is 0.147 e. The molecule has 2 aromatic rings. The van der Waals surface area contributed by atoms with Crippen molar-refractivity contribution in [1.82, 2.24) is 4.98 Å². The van der Waals surface area contributed by atoms with E-state index in [0.717, 1.165) is 5.56 Å². The van der Waals surface area contributed by atoms with Gasteiger partial charge >= 0.3 is 0 Å². The van der Waals surface area contributed by atoms with Gasteiger partial charge in [-0.25, -0.2) is 0 Å². The molecule has 2 aliphatic rings. The number of ether oxygens (including phenoxy) is 2. The van der Waals surface area contributed by atoms with Crippen molar-refractivity contribution in [2.75, 3.05) is 13.7 Å². The number of benzene rings is 1. The van der Waals surface area contributed by atoms with Crippen LogP contribution in [0, 0.1) is 5.41 Å². The van der Waals surface area contributed by atoms with Crippen molar-refractivity contribution >= 4 is 15.9 Å². The van der Waals surface area contributed by atoms with Crippen molar-refractivity contribution in [3.63, 3.8) is 0 Å². The second-order valence-electron chi connectivity index (χ2n) is 8.05. The van der Waals surface area contributed by atoms with Gasteiger partial charge in [0.25, 0.3) is 0 Å². The summed E-state index contributed by atoms with van der Waals surface area (Å²) in [5.74, 6) is 0.218. The van der Waals surface area contributed by atoms with E-state index in [0.29, 0.717) is 30.8 Å². The Balaban J connectivity index is 2.05. The summed E-state index contributed by atoms with van der Waals surface area (Å²) in [7, 11) is 1.51. The average molecular weight is 460 g/mol. The number of nitrogens with zero attached hydrogens (tertiary/aromatic N) is 1. The van der Waals surface area contributed by atoms with Gasteiger partial charge in [-0.15, -0.1) is 6.58 Å². The number of hydrogen-bond acceptors (Lipinski definition) is 5. The molecule has 29 heavy (non-hydrogen) atoms. The molecule has 0 amide bonds. The van der Waals surface area contributed by atoms with Crippen LogP contribution in [-0.4, -0.2) is 39.3 Å². The molecular weight excluding hydrogens is 434 g/mol. The zero-order valence-electron chi connectivity index (χ0n) is 16.6. The van der Waals surface area contributed by atoms with Crippen LogP contribution in [0.5, 0.6) is 11.5 Å². The van der Waals surface area contributed by atoms with Gasteiger partial charge in [-0.3, -0.25) is 4.98 Å².